The Hall–Kier alpha value is -5.60. The fraction of sp³-hybridized carbons (Fsp3) is 0.0698. The summed E-state index contributed by atoms with van der Waals surface area (Å²) in [7, 11) is 0. The number of allylic oxidation sites excluding steroid dienone is 4. The molecule has 45 heavy (non-hydrogen) atoms. The van der Waals surface area contributed by atoms with E-state index in [-0.39, 0.29) is 0 Å². The van der Waals surface area contributed by atoms with Crippen LogP contribution in [0.5, 0.6) is 0 Å². The second-order valence-corrected chi connectivity index (χ2v) is 12.2. The summed E-state index contributed by atoms with van der Waals surface area (Å²) in [5.41, 5.74) is 12.1. The molecule has 2 aliphatic rings. The van der Waals surface area contributed by atoms with E-state index in [0.717, 1.165) is 23.0 Å². The van der Waals surface area contributed by atoms with Crippen molar-refractivity contribution in [3.05, 3.63) is 170 Å². The Bertz CT molecular complexity index is 2220. The molecule has 1 aromatic heterocycles. The van der Waals surface area contributed by atoms with E-state index < -0.39 is 0 Å². The van der Waals surface area contributed by atoms with Crippen LogP contribution >= 0.6 is 0 Å². The fourth-order valence-corrected chi connectivity index (χ4v) is 6.99. The van der Waals surface area contributed by atoms with E-state index in [2.05, 4.69) is 179 Å². The number of anilines is 3. The van der Waals surface area contributed by atoms with Crippen molar-refractivity contribution >= 4 is 44.6 Å². The average molecular weight is 577 g/mol. The lowest BCUT2D eigenvalue weighted by molar-refractivity contribution is 0.969. The maximum Gasteiger partial charge on any atom is 0.0541 e. The summed E-state index contributed by atoms with van der Waals surface area (Å²) >= 11 is 0. The van der Waals surface area contributed by atoms with Gasteiger partial charge in [0, 0.05) is 33.5 Å². The highest BCUT2D eigenvalue weighted by molar-refractivity contribution is 6.11. The van der Waals surface area contributed by atoms with Crippen LogP contribution < -0.4 is 4.90 Å². The van der Waals surface area contributed by atoms with E-state index in [1.165, 1.54) is 56.2 Å². The first-order valence-corrected chi connectivity index (χ1v) is 15.8. The number of benzene rings is 6. The molecule has 2 nitrogen and oxygen atoms in total. The lowest BCUT2D eigenvalue weighted by atomic mass is 10.0. The molecule has 7 aromatic rings. The number of aromatic nitrogens is 1. The highest BCUT2D eigenvalue weighted by atomic mass is 15.1. The largest absolute Gasteiger partial charge is 0.311 e. The molecule has 6 aromatic carbocycles. The molecule has 0 aliphatic heterocycles. The van der Waals surface area contributed by atoms with E-state index in [1.807, 2.05) is 0 Å². The minimum absolute atomic E-state index is 0.705. The second-order valence-electron chi connectivity index (χ2n) is 12.2. The molecule has 1 fully saturated rings. The Labute approximate surface area is 263 Å². The molecule has 9 rings (SSSR count). The summed E-state index contributed by atoms with van der Waals surface area (Å²) in [5, 5.41) is 2.59. The minimum Gasteiger partial charge on any atom is -0.311 e. The number of hydrogen-bond donors (Lipinski definition) is 0. The number of nitrogens with zero attached hydrogens (tertiary/aromatic N) is 2. The second kappa shape index (κ2) is 10.5. The Morgan fingerprint density at radius 1 is 0.467 bits per heavy atom. The van der Waals surface area contributed by atoms with E-state index >= 15 is 0 Å². The van der Waals surface area contributed by atoms with Gasteiger partial charge in [-0.05, 0) is 101 Å². The van der Waals surface area contributed by atoms with Crippen LogP contribution in [-0.2, 0) is 0 Å². The van der Waals surface area contributed by atoms with Crippen LogP contribution in [0.25, 0.3) is 49.8 Å². The highest BCUT2D eigenvalue weighted by Gasteiger charge is 2.35. The van der Waals surface area contributed by atoms with Gasteiger partial charge in [0.25, 0.3) is 0 Å². The van der Waals surface area contributed by atoms with Gasteiger partial charge in [-0.25, -0.2) is 0 Å². The Morgan fingerprint density at radius 2 is 1.02 bits per heavy atom. The van der Waals surface area contributed by atoms with Gasteiger partial charge in [0.15, 0.2) is 0 Å². The molecule has 1 saturated carbocycles. The predicted molar refractivity (Wildman–Crippen MR) is 190 cm³/mol. The molecule has 0 spiro atoms. The number of hydrogen-bond acceptors (Lipinski definition) is 1. The van der Waals surface area contributed by atoms with E-state index in [0.29, 0.717) is 5.92 Å². The van der Waals surface area contributed by atoms with Crippen LogP contribution in [0.2, 0.25) is 0 Å². The molecule has 0 amide bonds. The van der Waals surface area contributed by atoms with Crippen LogP contribution in [0, 0.1) is 11.8 Å². The molecule has 2 atom stereocenters. The van der Waals surface area contributed by atoms with Crippen molar-refractivity contribution in [2.45, 2.75) is 6.42 Å². The van der Waals surface area contributed by atoms with Crippen molar-refractivity contribution in [2.24, 2.45) is 11.8 Å². The third-order valence-corrected chi connectivity index (χ3v) is 9.43. The molecule has 1 heterocycles. The van der Waals surface area contributed by atoms with Crippen molar-refractivity contribution in [2.75, 3.05) is 4.90 Å². The van der Waals surface area contributed by atoms with Gasteiger partial charge in [-0.3, -0.25) is 0 Å². The van der Waals surface area contributed by atoms with Gasteiger partial charge in [-0.2, -0.15) is 0 Å². The summed E-state index contributed by atoms with van der Waals surface area (Å²) in [5.74, 6) is 1.46. The zero-order valence-electron chi connectivity index (χ0n) is 24.9. The first-order chi connectivity index (χ1) is 22.3. The van der Waals surface area contributed by atoms with Crippen LogP contribution in [-0.4, -0.2) is 4.57 Å². The predicted octanol–water partition coefficient (Wildman–Crippen LogP) is 11.6. The third kappa shape index (κ3) is 4.58. The van der Waals surface area contributed by atoms with Crippen LogP contribution in [0.3, 0.4) is 0 Å². The monoisotopic (exact) mass is 576 g/mol. The molecular weight excluding hydrogens is 544 g/mol. The van der Waals surface area contributed by atoms with Crippen molar-refractivity contribution in [3.8, 4) is 22.3 Å². The average Bonchev–Trinajstić information content (AvgIpc) is 3.82. The quantitative estimate of drug-likeness (QED) is 0.191. The standard InChI is InChI=1S/C43H32N2/c1-3-9-30(10-4-1)31-15-21-37(22-16-31)44(36-11-5-2-6-12-36)38-23-17-32(18-24-38)34-20-26-43-41(29-34)40-13-7-8-14-42(40)45(43)39-25-19-33-27-35(33)28-39/h1-26,28-29,33,35H,27H2. The van der Waals surface area contributed by atoms with Gasteiger partial charge in [0.2, 0.25) is 0 Å². The van der Waals surface area contributed by atoms with Gasteiger partial charge in [0.05, 0.1) is 11.0 Å². The zero-order chi connectivity index (χ0) is 29.7. The number of fused-ring (bicyclic) bond motifs is 4. The molecule has 0 bridgehead atoms. The first-order valence-electron chi connectivity index (χ1n) is 15.8. The Kier molecular flexibility index (Phi) is 6.05. The molecule has 2 aliphatic carbocycles. The van der Waals surface area contributed by atoms with Crippen molar-refractivity contribution in [1.82, 2.24) is 4.57 Å². The van der Waals surface area contributed by atoms with Gasteiger partial charge in [0.1, 0.15) is 0 Å². The summed E-state index contributed by atoms with van der Waals surface area (Å²) in [4.78, 5) is 2.32. The van der Waals surface area contributed by atoms with Crippen molar-refractivity contribution in [1.29, 1.82) is 0 Å². The third-order valence-electron chi connectivity index (χ3n) is 9.43. The molecule has 0 saturated heterocycles. The Morgan fingerprint density at radius 3 is 1.73 bits per heavy atom. The number of rotatable bonds is 6. The fourth-order valence-electron chi connectivity index (χ4n) is 6.99. The zero-order valence-corrected chi connectivity index (χ0v) is 24.9. The van der Waals surface area contributed by atoms with E-state index in [4.69, 9.17) is 0 Å². The summed E-state index contributed by atoms with van der Waals surface area (Å²) in [6.07, 6.45) is 8.47. The lowest BCUT2D eigenvalue weighted by Gasteiger charge is -2.26. The molecular formula is C43H32N2. The molecule has 0 radical (unpaired) electrons. The van der Waals surface area contributed by atoms with Crippen LogP contribution in [0.15, 0.2) is 170 Å². The van der Waals surface area contributed by atoms with Crippen molar-refractivity contribution in [3.63, 3.8) is 0 Å². The highest BCUT2D eigenvalue weighted by Crippen LogP contribution is 2.46. The SMILES string of the molecule is C1=CC2CC2C=C1n1c2ccccc2c2cc(-c3ccc(N(c4ccccc4)c4ccc(-c5ccccc5)cc4)cc3)ccc21. The molecule has 214 valence electrons. The first kappa shape index (κ1) is 25.9. The van der Waals surface area contributed by atoms with Gasteiger partial charge in [-0.1, -0.05) is 109 Å². The van der Waals surface area contributed by atoms with E-state index in [1.54, 1.807) is 0 Å². The molecule has 2 heteroatoms. The summed E-state index contributed by atoms with van der Waals surface area (Å²) in [6.45, 7) is 0. The van der Waals surface area contributed by atoms with E-state index in [9.17, 15) is 0 Å². The molecule has 2 unspecified atom stereocenters. The van der Waals surface area contributed by atoms with Gasteiger partial charge < -0.3 is 9.47 Å². The van der Waals surface area contributed by atoms with Gasteiger partial charge in [-0.15, -0.1) is 0 Å². The molecule has 0 N–H and O–H groups in total. The minimum atomic E-state index is 0.705. The maximum absolute atomic E-state index is 2.47. The summed E-state index contributed by atoms with van der Waals surface area (Å²) in [6, 6.07) is 54.8. The van der Waals surface area contributed by atoms with Gasteiger partial charge >= 0.3 is 0 Å². The lowest BCUT2D eigenvalue weighted by Crippen LogP contribution is -2.09. The number of para-hydroxylation sites is 2. The normalized spacial score (nSPS) is 16.8. The van der Waals surface area contributed by atoms with Crippen LogP contribution in [0.4, 0.5) is 17.1 Å². The Balaban J connectivity index is 1.09. The van der Waals surface area contributed by atoms with Crippen molar-refractivity contribution < 1.29 is 0 Å². The maximum atomic E-state index is 2.47. The smallest absolute Gasteiger partial charge is 0.0541 e. The van der Waals surface area contributed by atoms with Crippen LogP contribution in [0.1, 0.15) is 6.42 Å². The topological polar surface area (TPSA) is 8.17 Å². The summed E-state index contributed by atoms with van der Waals surface area (Å²) < 4.78 is 2.45.